The number of amides is 1. The maximum absolute atomic E-state index is 11.9. The molecule has 0 atom stereocenters. The number of para-hydroxylation sites is 1. The van der Waals surface area contributed by atoms with Gasteiger partial charge < -0.3 is 4.90 Å². The summed E-state index contributed by atoms with van der Waals surface area (Å²) in [5.74, 6) is 0.826. The lowest BCUT2D eigenvalue weighted by molar-refractivity contribution is -0.121. The molecule has 0 saturated carbocycles. The molecule has 3 nitrogen and oxygen atoms in total. The molecule has 0 N–H and O–H groups in total. The molecule has 0 radical (unpaired) electrons. The van der Waals surface area contributed by atoms with Gasteiger partial charge in [-0.25, -0.2) is 0 Å². The van der Waals surface area contributed by atoms with Crippen LogP contribution in [0.5, 0.6) is 0 Å². The molecule has 1 aliphatic heterocycles. The SMILES string of the molecule is CC(=O)CN1C(=O)CCSc2ccccc21. The molecule has 1 amide bonds. The first kappa shape index (κ1) is 11.2. The minimum absolute atomic E-state index is 0.00931. The van der Waals surface area contributed by atoms with Crippen LogP contribution in [-0.2, 0) is 9.59 Å². The van der Waals surface area contributed by atoms with E-state index < -0.39 is 0 Å². The standard InChI is InChI=1S/C12H13NO2S/c1-9(14)8-13-10-4-2-3-5-11(10)16-7-6-12(13)15/h2-5H,6-8H2,1H3. The second-order valence-electron chi connectivity index (χ2n) is 3.75. The van der Waals surface area contributed by atoms with Crippen LogP contribution in [0.15, 0.2) is 29.2 Å². The van der Waals surface area contributed by atoms with Gasteiger partial charge in [-0.3, -0.25) is 9.59 Å². The average molecular weight is 235 g/mol. The molecular weight excluding hydrogens is 222 g/mol. The topological polar surface area (TPSA) is 37.4 Å². The number of carbonyl (C=O) groups excluding carboxylic acids is 2. The second kappa shape index (κ2) is 4.70. The summed E-state index contributed by atoms with van der Waals surface area (Å²) in [6, 6.07) is 7.74. The van der Waals surface area contributed by atoms with Crippen molar-refractivity contribution in [2.75, 3.05) is 17.2 Å². The summed E-state index contributed by atoms with van der Waals surface area (Å²) in [6.07, 6.45) is 0.493. The number of Topliss-reactive ketones (excluding diaryl/α,β-unsaturated/α-hetero) is 1. The highest BCUT2D eigenvalue weighted by atomic mass is 32.2. The predicted octanol–water partition coefficient (Wildman–Crippen LogP) is 2.10. The number of rotatable bonds is 2. The van der Waals surface area contributed by atoms with Gasteiger partial charge in [0.05, 0.1) is 12.2 Å². The fourth-order valence-corrected chi connectivity index (χ4v) is 2.71. The molecule has 0 saturated heterocycles. The van der Waals surface area contributed by atoms with Gasteiger partial charge in [-0.15, -0.1) is 11.8 Å². The zero-order valence-electron chi connectivity index (χ0n) is 9.10. The Morgan fingerprint density at radius 1 is 1.44 bits per heavy atom. The monoisotopic (exact) mass is 235 g/mol. The number of anilines is 1. The van der Waals surface area contributed by atoms with Crippen molar-refractivity contribution in [2.45, 2.75) is 18.2 Å². The summed E-state index contributed by atoms with van der Waals surface area (Å²) >= 11 is 1.67. The van der Waals surface area contributed by atoms with Gasteiger partial charge in [0.15, 0.2) is 0 Å². The minimum atomic E-state index is 0.00931. The van der Waals surface area contributed by atoms with Gasteiger partial charge >= 0.3 is 0 Å². The summed E-state index contributed by atoms with van der Waals surface area (Å²) in [7, 11) is 0. The summed E-state index contributed by atoms with van der Waals surface area (Å²) < 4.78 is 0. The Morgan fingerprint density at radius 3 is 2.94 bits per heavy atom. The largest absolute Gasteiger partial charge is 0.304 e. The molecule has 84 valence electrons. The van der Waals surface area contributed by atoms with E-state index in [-0.39, 0.29) is 18.2 Å². The van der Waals surface area contributed by atoms with Crippen LogP contribution >= 0.6 is 11.8 Å². The second-order valence-corrected chi connectivity index (χ2v) is 4.88. The third-order valence-electron chi connectivity index (χ3n) is 2.41. The highest BCUT2D eigenvalue weighted by Gasteiger charge is 2.22. The Hall–Kier alpha value is -1.29. The molecule has 0 fully saturated rings. The summed E-state index contributed by atoms with van der Waals surface area (Å²) in [5, 5.41) is 0. The maximum atomic E-state index is 11.9. The van der Waals surface area contributed by atoms with Gasteiger partial charge in [0, 0.05) is 17.1 Å². The van der Waals surface area contributed by atoms with Crippen LogP contribution in [0, 0.1) is 0 Å². The van der Waals surface area contributed by atoms with Crippen LogP contribution in [0.3, 0.4) is 0 Å². The molecule has 0 aromatic heterocycles. The van der Waals surface area contributed by atoms with Crippen LogP contribution in [-0.4, -0.2) is 24.0 Å². The van der Waals surface area contributed by atoms with Crippen molar-refractivity contribution in [1.29, 1.82) is 0 Å². The highest BCUT2D eigenvalue weighted by molar-refractivity contribution is 7.99. The third kappa shape index (κ3) is 2.27. The van der Waals surface area contributed by atoms with Crippen LogP contribution < -0.4 is 4.90 Å². The molecule has 16 heavy (non-hydrogen) atoms. The molecular formula is C12H13NO2S. The number of nitrogens with zero attached hydrogens (tertiary/aromatic N) is 1. The lowest BCUT2D eigenvalue weighted by Gasteiger charge is -2.20. The van der Waals surface area contributed by atoms with Crippen LogP contribution in [0.2, 0.25) is 0 Å². The zero-order chi connectivity index (χ0) is 11.5. The Labute approximate surface area is 98.8 Å². The van der Waals surface area contributed by atoms with Crippen LogP contribution in [0.4, 0.5) is 5.69 Å². The molecule has 0 bridgehead atoms. The van der Waals surface area contributed by atoms with Crippen molar-refractivity contribution in [2.24, 2.45) is 0 Å². The van der Waals surface area contributed by atoms with Crippen molar-refractivity contribution in [3.05, 3.63) is 24.3 Å². The Morgan fingerprint density at radius 2 is 2.19 bits per heavy atom. The maximum Gasteiger partial charge on any atom is 0.228 e. The van der Waals surface area contributed by atoms with E-state index in [0.29, 0.717) is 6.42 Å². The molecule has 1 aromatic carbocycles. The molecule has 1 aromatic rings. The van der Waals surface area contributed by atoms with Crippen LogP contribution in [0.25, 0.3) is 0 Å². The fraction of sp³-hybridized carbons (Fsp3) is 0.333. The number of benzene rings is 1. The number of hydrogen-bond donors (Lipinski definition) is 0. The van der Waals surface area contributed by atoms with Gasteiger partial charge in [0.25, 0.3) is 0 Å². The molecule has 4 heteroatoms. The smallest absolute Gasteiger partial charge is 0.228 e. The summed E-state index contributed by atoms with van der Waals surface area (Å²) in [6.45, 7) is 1.68. The van der Waals surface area contributed by atoms with E-state index in [2.05, 4.69) is 0 Å². The molecule has 2 rings (SSSR count). The van der Waals surface area contributed by atoms with Gasteiger partial charge in [-0.2, -0.15) is 0 Å². The number of hydrogen-bond acceptors (Lipinski definition) is 3. The van der Waals surface area contributed by atoms with E-state index in [1.54, 1.807) is 16.7 Å². The number of thioether (sulfide) groups is 1. The predicted molar refractivity (Wildman–Crippen MR) is 64.8 cm³/mol. The summed E-state index contributed by atoms with van der Waals surface area (Å²) in [4.78, 5) is 25.7. The Balaban J connectivity index is 2.39. The lowest BCUT2D eigenvalue weighted by atomic mass is 10.2. The van der Waals surface area contributed by atoms with Crippen molar-refractivity contribution >= 4 is 29.1 Å². The first-order valence-corrected chi connectivity index (χ1v) is 6.18. The van der Waals surface area contributed by atoms with E-state index >= 15 is 0 Å². The highest BCUT2D eigenvalue weighted by Crippen LogP contribution is 2.33. The normalized spacial score (nSPS) is 15.6. The Kier molecular flexibility index (Phi) is 3.29. The van der Waals surface area contributed by atoms with Crippen molar-refractivity contribution < 1.29 is 9.59 Å². The average Bonchev–Trinajstić information content (AvgIpc) is 2.40. The minimum Gasteiger partial charge on any atom is -0.304 e. The van der Waals surface area contributed by atoms with Gasteiger partial charge in [0.2, 0.25) is 5.91 Å². The number of carbonyl (C=O) groups is 2. The molecule has 0 unspecified atom stereocenters. The number of fused-ring (bicyclic) bond motifs is 1. The van der Waals surface area contributed by atoms with E-state index in [1.807, 2.05) is 24.3 Å². The van der Waals surface area contributed by atoms with Crippen molar-refractivity contribution in [3.63, 3.8) is 0 Å². The van der Waals surface area contributed by atoms with E-state index in [4.69, 9.17) is 0 Å². The molecule has 1 heterocycles. The first-order valence-electron chi connectivity index (χ1n) is 5.20. The van der Waals surface area contributed by atoms with E-state index in [9.17, 15) is 9.59 Å². The van der Waals surface area contributed by atoms with Crippen molar-refractivity contribution in [1.82, 2.24) is 0 Å². The van der Waals surface area contributed by atoms with E-state index in [0.717, 1.165) is 16.3 Å². The van der Waals surface area contributed by atoms with Crippen molar-refractivity contribution in [3.8, 4) is 0 Å². The van der Waals surface area contributed by atoms with Gasteiger partial charge in [-0.1, -0.05) is 12.1 Å². The summed E-state index contributed by atoms with van der Waals surface area (Å²) in [5.41, 5.74) is 0.866. The van der Waals surface area contributed by atoms with E-state index in [1.165, 1.54) is 6.92 Å². The molecule has 1 aliphatic rings. The third-order valence-corrected chi connectivity index (χ3v) is 3.48. The van der Waals surface area contributed by atoms with Gasteiger partial charge in [-0.05, 0) is 19.1 Å². The number of ketones is 1. The van der Waals surface area contributed by atoms with Gasteiger partial charge in [0.1, 0.15) is 5.78 Å². The fourth-order valence-electron chi connectivity index (χ4n) is 1.72. The quantitative estimate of drug-likeness (QED) is 0.787. The first-order chi connectivity index (χ1) is 7.68. The Bertz CT molecular complexity index is 431. The molecule has 0 spiro atoms. The molecule has 0 aliphatic carbocycles. The lowest BCUT2D eigenvalue weighted by Crippen LogP contribution is -2.34. The zero-order valence-corrected chi connectivity index (χ0v) is 9.92. The van der Waals surface area contributed by atoms with Crippen LogP contribution in [0.1, 0.15) is 13.3 Å².